The van der Waals surface area contributed by atoms with Crippen molar-refractivity contribution < 1.29 is 0 Å². The molecule has 0 fully saturated rings. The summed E-state index contributed by atoms with van der Waals surface area (Å²) in [4.78, 5) is 20.2. The summed E-state index contributed by atoms with van der Waals surface area (Å²) in [5.74, 6) is 0.363. The topological polar surface area (TPSA) is 59.8 Å². The largest absolute Gasteiger partial charge is 0.356 e. The second-order valence-corrected chi connectivity index (χ2v) is 4.87. The maximum atomic E-state index is 12.1. The van der Waals surface area contributed by atoms with E-state index in [0.29, 0.717) is 5.95 Å². The molecule has 0 unspecified atom stereocenters. The van der Waals surface area contributed by atoms with E-state index in [9.17, 15) is 4.79 Å². The Balaban J connectivity index is 2.50. The number of nitrogens with zero attached hydrogens (tertiary/aromatic N) is 3. The molecule has 0 saturated heterocycles. The van der Waals surface area contributed by atoms with Gasteiger partial charge in [-0.3, -0.25) is 4.57 Å². The molecule has 19 heavy (non-hydrogen) atoms. The van der Waals surface area contributed by atoms with Crippen LogP contribution in [0.2, 0.25) is 0 Å². The van der Waals surface area contributed by atoms with Crippen molar-refractivity contribution >= 4 is 5.95 Å². The molecule has 0 aliphatic carbocycles. The van der Waals surface area contributed by atoms with E-state index in [0.717, 1.165) is 16.8 Å². The molecule has 1 heterocycles. The SMILES string of the molecule is Cc1cccc(C)c1-n1cnc(NC(C)C)nc1=O. The van der Waals surface area contributed by atoms with Crippen molar-refractivity contribution in [2.24, 2.45) is 0 Å². The van der Waals surface area contributed by atoms with E-state index >= 15 is 0 Å². The molecule has 0 amide bonds. The van der Waals surface area contributed by atoms with E-state index in [4.69, 9.17) is 0 Å². The molecule has 2 aromatic rings. The van der Waals surface area contributed by atoms with Gasteiger partial charge < -0.3 is 5.32 Å². The number of hydrogen-bond acceptors (Lipinski definition) is 4. The summed E-state index contributed by atoms with van der Waals surface area (Å²) in [5.41, 5.74) is 2.57. The Hall–Kier alpha value is -2.17. The smallest absolute Gasteiger partial charge is 0.352 e. The Labute approximate surface area is 112 Å². The van der Waals surface area contributed by atoms with Gasteiger partial charge in [-0.05, 0) is 38.8 Å². The lowest BCUT2D eigenvalue weighted by molar-refractivity contribution is 0.815. The average molecular weight is 258 g/mol. The quantitative estimate of drug-likeness (QED) is 0.915. The molecule has 5 heteroatoms. The maximum Gasteiger partial charge on any atom is 0.356 e. The Morgan fingerprint density at radius 1 is 1.21 bits per heavy atom. The highest BCUT2D eigenvalue weighted by Gasteiger charge is 2.09. The fourth-order valence-corrected chi connectivity index (χ4v) is 2.00. The van der Waals surface area contributed by atoms with Gasteiger partial charge in [-0.15, -0.1) is 0 Å². The van der Waals surface area contributed by atoms with Crippen molar-refractivity contribution in [3.8, 4) is 5.69 Å². The van der Waals surface area contributed by atoms with Gasteiger partial charge in [0.1, 0.15) is 6.33 Å². The third-order valence-corrected chi connectivity index (χ3v) is 2.80. The zero-order valence-electron chi connectivity index (χ0n) is 11.6. The molecule has 1 aromatic carbocycles. The van der Waals surface area contributed by atoms with Crippen molar-refractivity contribution in [3.63, 3.8) is 0 Å². The van der Waals surface area contributed by atoms with Crippen LogP contribution in [0.25, 0.3) is 5.69 Å². The summed E-state index contributed by atoms with van der Waals surface area (Å²) >= 11 is 0. The van der Waals surface area contributed by atoms with Crippen LogP contribution in [0, 0.1) is 13.8 Å². The molecule has 5 nitrogen and oxygen atoms in total. The van der Waals surface area contributed by atoms with Crippen molar-refractivity contribution in [2.45, 2.75) is 33.7 Å². The van der Waals surface area contributed by atoms with Gasteiger partial charge in [0.15, 0.2) is 0 Å². The summed E-state index contributed by atoms with van der Waals surface area (Å²) in [6, 6.07) is 6.09. The lowest BCUT2D eigenvalue weighted by Crippen LogP contribution is -2.26. The van der Waals surface area contributed by atoms with Crippen LogP contribution in [0.3, 0.4) is 0 Å². The zero-order valence-corrected chi connectivity index (χ0v) is 11.6. The van der Waals surface area contributed by atoms with Crippen LogP contribution in [-0.4, -0.2) is 20.6 Å². The minimum Gasteiger partial charge on any atom is -0.352 e. The number of aryl methyl sites for hydroxylation is 2. The Morgan fingerprint density at radius 2 is 1.84 bits per heavy atom. The van der Waals surface area contributed by atoms with Gasteiger partial charge in [-0.1, -0.05) is 18.2 Å². The van der Waals surface area contributed by atoms with Crippen molar-refractivity contribution in [1.82, 2.24) is 14.5 Å². The van der Waals surface area contributed by atoms with Gasteiger partial charge >= 0.3 is 5.69 Å². The van der Waals surface area contributed by atoms with Crippen molar-refractivity contribution in [1.29, 1.82) is 0 Å². The third-order valence-electron chi connectivity index (χ3n) is 2.80. The van der Waals surface area contributed by atoms with E-state index in [1.165, 1.54) is 10.9 Å². The fraction of sp³-hybridized carbons (Fsp3) is 0.357. The summed E-state index contributed by atoms with van der Waals surface area (Å²) in [6.45, 7) is 7.88. The first-order valence-electron chi connectivity index (χ1n) is 6.28. The number of aromatic nitrogens is 3. The number of nitrogens with one attached hydrogen (secondary N) is 1. The average Bonchev–Trinajstić information content (AvgIpc) is 2.30. The van der Waals surface area contributed by atoms with E-state index in [2.05, 4.69) is 15.3 Å². The first-order chi connectivity index (χ1) is 8.99. The Morgan fingerprint density at radius 3 is 2.37 bits per heavy atom. The highest BCUT2D eigenvalue weighted by Crippen LogP contribution is 2.16. The van der Waals surface area contributed by atoms with Gasteiger partial charge in [-0.25, -0.2) is 9.78 Å². The van der Waals surface area contributed by atoms with Crippen LogP contribution in [0.1, 0.15) is 25.0 Å². The molecule has 0 aliphatic rings. The second kappa shape index (κ2) is 5.22. The lowest BCUT2D eigenvalue weighted by Gasteiger charge is -2.12. The van der Waals surface area contributed by atoms with Gasteiger partial charge in [0.05, 0.1) is 5.69 Å². The predicted octanol–water partition coefficient (Wildman–Crippen LogP) is 2.06. The minimum atomic E-state index is -0.324. The van der Waals surface area contributed by atoms with Crippen molar-refractivity contribution in [2.75, 3.05) is 5.32 Å². The number of benzene rings is 1. The molecule has 0 bridgehead atoms. The molecule has 0 atom stereocenters. The fourth-order valence-electron chi connectivity index (χ4n) is 2.00. The van der Waals surface area contributed by atoms with Gasteiger partial charge in [0.25, 0.3) is 0 Å². The van der Waals surface area contributed by atoms with Crippen LogP contribution in [0.4, 0.5) is 5.95 Å². The van der Waals surface area contributed by atoms with E-state index in [1.54, 1.807) is 0 Å². The molecular weight excluding hydrogens is 240 g/mol. The van der Waals surface area contributed by atoms with Crippen LogP contribution in [0.15, 0.2) is 29.3 Å². The predicted molar refractivity (Wildman–Crippen MR) is 75.9 cm³/mol. The second-order valence-electron chi connectivity index (χ2n) is 4.87. The molecule has 0 radical (unpaired) electrons. The first kappa shape index (κ1) is 13.3. The summed E-state index contributed by atoms with van der Waals surface area (Å²) in [5, 5.41) is 3.02. The number of hydrogen-bond donors (Lipinski definition) is 1. The number of para-hydroxylation sites is 1. The van der Waals surface area contributed by atoms with Crippen LogP contribution in [0.5, 0.6) is 0 Å². The summed E-state index contributed by atoms with van der Waals surface area (Å²) < 4.78 is 1.48. The van der Waals surface area contributed by atoms with Gasteiger partial charge in [0.2, 0.25) is 5.95 Å². The minimum absolute atomic E-state index is 0.190. The van der Waals surface area contributed by atoms with Crippen LogP contribution in [-0.2, 0) is 0 Å². The Kier molecular flexibility index (Phi) is 3.64. The molecule has 0 spiro atoms. The van der Waals surface area contributed by atoms with Crippen LogP contribution < -0.4 is 11.0 Å². The molecule has 100 valence electrons. The highest BCUT2D eigenvalue weighted by atomic mass is 16.1. The van der Waals surface area contributed by atoms with E-state index in [-0.39, 0.29) is 11.7 Å². The molecule has 0 aliphatic heterocycles. The van der Waals surface area contributed by atoms with Crippen molar-refractivity contribution in [3.05, 3.63) is 46.1 Å². The zero-order chi connectivity index (χ0) is 14.0. The van der Waals surface area contributed by atoms with Gasteiger partial charge in [0, 0.05) is 6.04 Å². The molecular formula is C14H18N4O. The molecule has 0 saturated carbocycles. The number of anilines is 1. The number of rotatable bonds is 3. The normalized spacial score (nSPS) is 10.8. The highest BCUT2D eigenvalue weighted by molar-refractivity contribution is 5.46. The van der Waals surface area contributed by atoms with E-state index in [1.807, 2.05) is 45.9 Å². The maximum absolute atomic E-state index is 12.1. The molecule has 2 rings (SSSR count). The third kappa shape index (κ3) is 2.81. The lowest BCUT2D eigenvalue weighted by atomic mass is 10.1. The standard InChI is InChI=1S/C14H18N4O/c1-9(2)16-13-15-8-18(14(19)17-13)12-10(3)6-5-7-11(12)4/h5-9H,1-4H3,(H,16,17,19). The van der Waals surface area contributed by atoms with E-state index < -0.39 is 0 Å². The van der Waals surface area contributed by atoms with Crippen LogP contribution >= 0.6 is 0 Å². The Bertz CT molecular complexity index is 626. The molecule has 1 N–H and O–H groups in total. The monoisotopic (exact) mass is 258 g/mol. The summed E-state index contributed by atoms with van der Waals surface area (Å²) in [6.07, 6.45) is 1.52. The first-order valence-corrected chi connectivity index (χ1v) is 6.28. The summed E-state index contributed by atoms with van der Waals surface area (Å²) in [7, 11) is 0. The van der Waals surface area contributed by atoms with Gasteiger partial charge in [-0.2, -0.15) is 4.98 Å². The molecule has 1 aromatic heterocycles.